The lowest BCUT2D eigenvalue weighted by Gasteiger charge is -2.41. The number of halogens is 2. The van der Waals surface area contributed by atoms with Gasteiger partial charge in [-0.25, -0.2) is 0 Å². The van der Waals surface area contributed by atoms with Gasteiger partial charge in [-0.2, -0.15) is 0 Å². The van der Waals surface area contributed by atoms with Crippen LogP contribution in [0.3, 0.4) is 0 Å². The number of hydrogen-bond acceptors (Lipinski definition) is 3. The van der Waals surface area contributed by atoms with Crippen LogP contribution in [0.25, 0.3) is 0 Å². The van der Waals surface area contributed by atoms with E-state index in [0.29, 0.717) is 41.7 Å². The van der Waals surface area contributed by atoms with E-state index in [1.54, 1.807) is 18.2 Å². The van der Waals surface area contributed by atoms with Crippen molar-refractivity contribution in [1.29, 1.82) is 0 Å². The Morgan fingerprint density at radius 1 is 1.28 bits per heavy atom. The van der Waals surface area contributed by atoms with Crippen molar-refractivity contribution in [1.82, 2.24) is 4.90 Å². The monoisotopic (exact) mass is 385 g/mol. The SMILES string of the molecule is CC(C)(CCOc1ccc(Cl)cc1Cl)C(=O)N1C2CCC1CC(O)C2. The van der Waals surface area contributed by atoms with Gasteiger partial charge in [0.25, 0.3) is 0 Å². The molecule has 2 heterocycles. The standard InChI is InChI=1S/C19H25Cl2NO3/c1-19(2,7-8-25-17-6-3-12(20)9-16(17)21)18(24)22-13-4-5-14(22)11-15(23)10-13/h3,6,9,13-15,23H,4-5,7-8,10-11H2,1-2H3. The van der Waals surface area contributed by atoms with Crippen LogP contribution >= 0.6 is 23.2 Å². The minimum atomic E-state index is -0.512. The van der Waals surface area contributed by atoms with Crippen LogP contribution in [0.5, 0.6) is 5.75 Å². The van der Waals surface area contributed by atoms with Gasteiger partial charge in [-0.15, -0.1) is 0 Å². The number of carbonyl (C=O) groups excluding carboxylic acids is 1. The van der Waals surface area contributed by atoms with E-state index in [9.17, 15) is 9.90 Å². The van der Waals surface area contributed by atoms with E-state index in [1.807, 2.05) is 18.7 Å². The lowest BCUT2D eigenvalue weighted by molar-refractivity contribution is -0.147. The summed E-state index contributed by atoms with van der Waals surface area (Å²) in [5.74, 6) is 0.744. The number of carbonyl (C=O) groups is 1. The van der Waals surface area contributed by atoms with E-state index in [4.69, 9.17) is 27.9 Å². The third-order valence-corrected chi connectivity index (χ3v) is 5.93. The summed E-state index contributed by atoms with van der Waals surface area (Å²) in [5, 5.41) is 11.0. The van der Waals surface area contributed by atoms with Crippen molar-refractivity contribution in [2.75, 3.05) is 6.61 Å². The van der Waals surface area contributed by atoms with Gasteiger partial charge in [0.15, 0.2) is 0 Å². The molecule has 0 spiro atoms. The van der Waals surface area contributed by atoms with E-state index in [2.05, 4.69) is 0 Å². The lowest BCUT2D eigenvalue weighted by atomic mass is 9.85. The van der Waals surface area contributed by atoms with Crippen molar-refractivity contribution in [3.8, 4) is 5.75 Å². The molecular weight excluding hydrogens is 361 g/mol. The maximum Gasteiger partial charge on any atom is 0.228 e. The maximum absolute atomic E-state index is 13.1. The Hall–Kier alpha value is -0.970. The number of aliphatic hydroxyl groups is 1. The van der Waals surface area contributed by atoms with Crippen LogP contribution in [0, 0.1) is 5.41 Å². The average Bonchev–Trinajstić information content (AvgIpc) is 2.80. The van der Waals surface area contributed by atoms with Gasteiger partial charge in [0.2, 0.25) is 5.91 Å². The minimum Gasteiger partial charge on any atom is -0.492 e. The number of fused-ring (bicyclic) bond motifs is 2. The van der Waals surface area contributed by atoms with Crippen molar-refractivity contribution in [3.05, 3.63) is 28.2 Å². The fourth-order valence-electron chi connectivity index (χ4n) is 3.94. The zero-order valence-electron chi connectivity index (χ0n) is 14.7. The van der Waals surface area contributed by atoms with E-state index in [1.165, 1.54) is 0 Å². The summed E-state index contributed by atoms with van der Waals surface area (Å²) in [7, 11) is 0. The van der Waals surface area contributed by atoms with Gasteiger partial charge in [-0.05, 0) is 50.3 Å². The Kier molecular flexibility index (Phi) is 5.52. The van der Waals surface area contributed by atoms with E-state index in [0.717, 1.165) is 12.8 Å². The van der Waals surface area contributed by atoms with Crippen LogP contribution in [0.15, 0.2) is 18.2 Å². The van der Waals surface area contributed by atoms with Gasteiger partial charge in [0.1, 0.15) is 5.75 Å². The van der Waals surface area contributed by atoms with Crippen molar-refractivity contribution in [2.45, 2.75) is 64.1 Å². The second kappa shape index (κ2) is 7.34. The van der Waals surface area contributed by atoms with Crippen LogP contribution in [0.2, 0.25) is 10.0 Å². The Labute approximate surface area is 159 Å². The third kappa shape index (κ3) is 4.07. The molecule has 1 amide bonds. The summed E-state index contributed by atoms with van der Waals surface area (Å²) < 4.78 is 5.75. The zero-order chi connectivity index (χ0) is 18.2. The molecule has 2 aliphatic rings. The van der Waals surface area contributed by atoms with Crippen LogP contribution < -0.4 is 4.74 Å². The van der Waals surface area contributed by atoms with Gasteiger partial charge >= 0.3 is 0 Å². The highest BCUT2D eigenvalue weighted by molar-refractivity contribution is 6.35. The quantitative estimate of drug-likeness (QED) is 0.821. The number of amides is 1. The molecule has 6 heteroatoms. The fraction of sp³-hybridized carbons (Fsp3) is 0.632. The van der Waals surface area contributed by atoms with E-state index in [-0.39, 0.29) is 24.1 Å². The normalized spacial score (nSPS) is 26.0. The maximum atomic E-state index is 13.1. The van der Waals surface area contributed by atoms with Crippen molar-refractivity contribution in [3.63, 3.8) is 0 Å². The van der Waals surface area contributed by atoms with Crippen LogP contribution in [-0.2, 0) is 4.79 Å². The van der Waals surface area contributed by atoms with Gasteiger partial charge in [0.05, 0.1) is 17.7 Å². The predicted molar refractivity (Wildman–Crippen MR) is 99.3 cm³/mol. The number of hydrogen-bond donors (Lipinski definition) is 1. The second-order valence-electron chi connectivity index (χ2n) is 7.78. The molecule has 1 aromatic carbocycles. The number of benzene rings is 1. The summed E-state index contributed by atoms with van der Waals surface area (Å²) in [4.78, 5) is 15.1. The molecule has 1 aromatic rings. The molecule has 0 radical (unpaired) electrons. The molecular formula is C19H25Cl2NO3. The molecule has 4 nitrogen and oxygen atoms in total. The summed E-state index contributed by atoms with van der Waals surface area (Å²) in [6, 6.07) is 5.49. The molecule has 25 heavy (non-hydrogen) atoms. The predicted octanol–water partition coefficient (Wildman–Crippen LogP) is 4.30. The number of ether oxygens (including phenoxy) is 1. The van der Waals surface area contributed by atoms with Gasteiger partial charge in [0, 0.05) is 22.5 Å². The third-order valence-electron chi connectivity index (χ3n) is 5.40. The Bertz CT molecular complexity index is 636. The number of rotatable bonds is 5. The number of aliphatic hydroxyl groups excluding tert-OH is 1. The molecule has 1 N–H and O–H groups in total. The van der Waals surface area contributed by atoms with Crippen molar-refractivity contribution in [2.24, 2.45) is 5.41 Å². The fourth-order valence-corrected chi connectivity index (χ4v) is 4.41. The highest BCUT2D eigenvalue weighted by Gasteiger charge is 2.46. The Morgan fingerprint density at radius 3 is 2.52 bits per heavy atom. The summed E-state index contributed by atoms with van der Waals surface area (Å²) in [6.45, 7) is 4.34. The second-order valence-corrected chi connectivity index (χ2v) is 8.62. The van der Waals surface area contributed by atoms with Crippen LogP contribution in [-0.4, -0.2) is 40.7 Å². The molecule has 0 aromatic heterocycles. The molecule has 138 valence electrons. The molecule has 2 unspecified atom stereocenters. The number of piperidine rings is 1. The zero-order valence-corrected chi connectivity index (χ0v) is 16.2. The molecule has 2 saturated heterocycles. The van der Waals surface area contributed by atoms with Crippen molar-refractivity contribution < 1.29 is 14.6 Å². The lowest BCUT2D eigenvalue weighted by Crippen LogP contribution is -2.52. The largest absolute Gasteiger partial charge is 0.492 e. The summed E-state index contributed by atoms with van der Waals surface area (Å²) in [6.07, 6.45) is 3.74. The summed E-state index contributed by atoms with van der Waals surface area (Å²) in [5.41, 5.74) is -0.512. The van der Waals surface area contributed by atoms with Gasteiger partial charge in [-0.3, -0.25) is 4.79 Å². The molecule has 3 rings (SSSR count). The Balaban J connectivity index is 1.59. The Morgan fingerprint density at radius 2 is 1.92 bits per heavy atom. The molecule has 2 fully saturated rings. The number of nitrogens with zero attached hydrogens (tertiary/aromatic N) is 1. The van der Waals surface area contributed by atoms with Gasteiger partial charge < -0.3 is 14.7 Å². The molecule has 0 saturated carbocycles. The van der Waals surface area contributed by atoms with Crippen molar-refractivity contribution >= 4 is 29.1 Å². The highest BCUT2D eigenvalue weighted by atomic mass is 35.5. The molecule has 2 aliphatic heterocycles. The molecule has 0 aliphatic carbocycles. The first-order chi connectivity index (χ1) is 11.8. The van der Waals surface area contributed by atoms with Gasteiger partial charge in [-0.1, -0.05) is 37.0 Å². The average molecular weight is 386 g/mol. The summed E-state index contributed by atoms with van der Waals surface area (Å²) >= 11 is 12.0. The topological polar surface area (TPSA) is 49.8 Å². The first kappa shape index (κ1) is 18.8. The van der Waals surface area contributed by atoms with Crippen LogP contribution in [0.4, 0.5) is 0 Å². The minimum absolute atomic E-state index is 0.165. The van der Waals surface area contributed by atoms with E-state index < -0.39 is 5.41 Å². The smallest absolute Gasteiger partial charge is 0.228 e. The first-order valence-corrected chi connectivity index (χ1v) is 9.62. The highest BCUT2D eigenvalue weighted by Crippen LogP contribution is 2.39. The van der Waals surface area contributed by atoms with Crippen LogP contribution in [0.1, 0.15) is 46.0 Å². The first-order valence-electron chi connectivity index (χ1n) is 8.86. The molecule has 2 bridgehead atoms. The van der Waals surface area contributed by atoms with E-state index >= 15 is 0 Å². The molecule has 2 atom stereocenters.